The molecule has 5 aromatic carbocycles. The van der Waals surface area contributed by atoms with E-state index in [2.05, 4.69) is 117 Å². The molecule has 238 valence electrons. The minimum absolute atomic E-state index is 0.787. The first-order valence-corrected chi connectivity index (χ1v) is 17.0. The van der Waals surface area contributed by atoms with Crippen LogP contribution in [0.4, 0.5) is 0 Å². The third kappa shape index (κ3) is 3.51. The van der Waals surface area contributed by atoms with Crippen LogP contribution in [0, 0.1) is 0 Å². The summed E-state index contributed by atoms with van der Waals surface area (Å²) in [6.45, 7) is 0. The van der Waals surface area contributed by atoms with Gasteiger partial charge in [-0.2, -0.15) is 0 Å². The predicted molar refractivity (Wildman–Crippen MR) is 205 cm³/mol. The first-order valence-electron chi connectivity index (χ1n) is 17.0. The minimum atomic E-state index is 0.787. The lowest BCUT2D eigenvalue weighted by molar-refractivity contribution is 0.645. The van der Waals surface area contributed by atoms with Gasteiger partial charge >= 0.3 is 0 Å². The largest absolute Gasteiger partial charge is 0.439 e. The fraction of sp³-hybridized carbons (Fsp3) is 0. The van der Waals surface area contributed by atoms with Crippen LogP contribution < -0.4 is 0 Å². The van der Waals surface area contributed by atoms with Gasteiger partial charge in [0, 0.05) is 51.0 Å². The molecule has 12 aromatic rings. The molecule has 0 saturated carbocycles. The lowest BCUT2D eigenvalue weighted by Gasteiger charge is -2.09. The van der Waals surface area contributed by atoms with Crippen molar-refractivity contribution in [2.45, 2.75) is 0 Å². The molecule has 0 spiro atoms. The Morgan fingerprint density at radius 2 is 0.863 bits per heavy atom. The van der Waals surface area contributed by atoms with E-state index in [9.17, 15) is 0 Å². The summed E-state index contributed by atoms with van der Waals surface area (Å²) in [5.41, 5.74) is 12.5. The van der Waals surface area contributed by atoms with Crippen molar-refractivity contribution in [1.82, 2.24) is 23.7 Å². The van der Waals surface area contributed by atoms with Crippen molar-refractivity contribution in [2.75, 3.05) is 0 Å². The summed E-state index contributed by atoms with van der Waals surface area (Å²) in [7, 11) is 0. The minimum Gasteiger partial charge on any atom is -0.439 e. The number of hydrogen-bond donors (Lipinski definition) is 0. The Kier molecular flexibility index (Phi) is 5.12. The van der Waals surface area contributed by atoms with Crippen LogP contribution >= 0.6 is 0 Å². The highest BCUT2D eigenvalue weighted by molar-refractivity contribution is 6.20. The van der Waals surface area contributed by atoms with Crippen LogP contribution in [-0.2, 0) is 0 Å². The molecule has 12 rings (SSSR count). The Morgan fingerprint density at radius 3 is 1.39 bits per heavy atom. The number of rotatable bonds is 3. The second kappa shape index (κ2) is 9.74. The standard InChI is InChI=1S/C44H25N5O2/c1-2-10-26(11-3-1)47-33-20-18-27(48-35-14-8-22-45-41(35)39-29-12-4-6-16-37(29)50-43(39)48)24-31(33)32-25-28(19-21-34(32)47)49-36-15-9-23-46-42(36)40-30-13-5-7-17-38(30)51-44(40)49/h1-25H. The zero-order chi connectivity index (χ0) is 33.2. The molecule has 0 radical (unpaired) electrons. The quantitative estimate of drug-likeness (QED) is 0.190. The van der Waals surface area contributed by atoms with Crippen LogP contribution in [-0.4, -0.2) is 23.7 Å². The Labute approximate surface area is 288 Å². The lowest BCUT2D eigenvalue weighted by Crippen LogP contribution is -1.96. The Hall–Kier alpha value is -7.12. The Morgan fingerprint density at radius 1 is 0.373 bits per heavy atom. The smallest absolute Gasteiger partial charge is 0.215 e. The molecule has 7 heterocycles. The average Bonchev–Trinajstić information content (AvgIpc) is 3.97. The Balaban J connectivity index is 1.18. The third-order valence-electron chi connectivity index (χ3n) is 10.4. The second-order valence-corrected chi connectivity index (χ2v) is 13.0. The van der Waals surface area contributed by atoms with E-state index in [0.717, 1.165) is 105 Å². The zero-order valence-electron chi connectivity index (χ0n) is 27.0. The summed E-state index contributed by atoms with van der Waals surface area (Å²) < 4.78 is 19.9. The van der Waals surface area contributed by atoms with E-state index in [-0.39, 0.29) is 0 Å². The van der Waals surface area contributed by atoms with Crippen LogP contribution in [0.1, 0.15) is 0 Å². The third-order valence-corrected chi connectivity index (χ3v) is 10.4. The zero-order valence-corrected chi connectivity index (χ0v) is 27.0. The van der Waals surface area contributed by atoms with Crippen LogP contribution in [0.15, 0.2) is 161 Å². The van der Waals surface area contributed by atoms with E-state index in [0.29, 0.717) is 0 Å². The summed E-state index contributed by atoms with van der Waals surface area (Å²) in [4.78, 5) is 9.68. The van der Waals surface area contributed by atoms with E-state index >= 15 is 0 Å². The number of para-hydroxylation sites is 3. The van der Waals surface area contributed by atoms with Crippen LogP contribution in [0.5, 0.6) is 0 Å². The Bertz CT molecular complexity index is 3170. The van der Waals surface area contributed by atoms with E-state index in [1.54, 1.807) is 0 Å². The number of furan rings is 2. The molecule has 0 atom stereocenters. The molecule has 0 aliphatic carbocycles. The fourth-order valence-electron chi connectivity index (χ4n) is 8.24. The lowest BCUT2D eigenvalue weighted by atomic mass is 10.1. The van der Waals surface area contributed by atoms with Gasteiger partial charge in [-0.05, 0) is 84.9 Å². The van der Waals surface area contributed by atoms with Crippen molar-refractivity contribution in [3.8, 4) is 17.1 Å². The molecule has 0 fully saturated rings. The van der Waals surface area contributed by atoms with Crippen molar-refractivity contribution >= 4 is 88.0 Å². The molecule has 7 aromatic heterocycles. The number of hydrogen-bond acceptors (Lipinski definition) is 4. The molecule has 0 unspecified atom stereocenters. The van der Waals surface area contributed by atoms with Gasteiger partial charge in [-0.1, -0.05) is 54.6 Å². The van der Waals surface area contributed by atoms with Crippen molar-refractivity contribution in [2.24, 2.45) is 0 Å². The summed E-state index contributed by atoms with van der Waals surface area (Å²) in [6, 6.07) is 48.5. The normalized spacial score (nSPS) is 12.3. The van der Waals surface area contributed by atoms with Gasteiger partial charge in [-0.3, -0.25) is 19.1 Å². The summed E-state index contributed by atoms with van der Waals surface area (Å²) >= 11 is 0. The monoisotopic (exact) mass is 655 g/mol. The average molecular weight is 656 g/mol. The van der Waals surface area contributed by atoms with E-state index < -0.39 is 0 Å². The van der Waals surface area contributed by atoms with Crippen molar-refractivity contribution in [1.29, 1.82) is 0 Å². The van der Waals surface area contributed by atoms with Gasteiger partial charge in [0.2, 0.25) is 11.4 Å². The first kappa shape index (κ1) is 26.8. The maximum atomic E-state index is 6.57. The van der Waals surface area contributed by atoms with Gasteiger partial charge in [-0.15, -0.1) is 0 Å². The maximum absolute atomic E-state index is 6.57. The van der Waals surface area contributed by atoms with E-state index in [4.69, 9.17) is 18.8 Å². The van der Waals surface area contributed by atoms with Crippen molar-refractivity contribution in [3.63, 3.8) is 0 Å². The molecule has 0 bridgehead atoms. The van der Waals surface area contributed by atoms with Crippen molar-refractivity contribution < 1.29 is 8.83 Å². The number of fused-ring (bicyclic) bond motifs is 13. The molecule has 0 amide bonds. The van der Waals surface area contributed by atoms with Gasteiger partial charge in [-0.25, -0.2) is 0 Å². The summed E-state index contributed by atoms with van der Waals surface area (Å²) in [6.07, 6.45) is 3.71. The predicted octanol–water partition coefficient (Wildman–Crippen LogP) is 11.3. The second-order valence-electron chi connectivity index (χ2n) is 13.0. The van der Waals surface area contributed by atoms with Gasteiger partial charge in [0.15, 0.2) is 0 Å². The molecule has 0 saturated heterocycles. The fourth-order valence-corrected chi connectivity index (χ4v) is 8.24. The molecule has 7 nitrogen and oxygen atoms in total. The number of benzene rings is 5. The van der Waals surface area contributed by atoms with Crippen LogP contribution in [0.3, 0.4) is 0 Å². The summed E-state index contributed by atoms with van der Waals surface area (Å²) in [5, 5.41) is 6.42. The molecule has 7 heteroatoms. The number of pyridine rings is 2. The molecular formula is C44H25N5O2. The topological polar surface area (TPSA) is 66.8 Å². The van der Waals surface area contributed by atoms with Crippen molar-refractivity contribution in [3.05, 3.63) is 152 Å². The summed E-state index contributed by atoms with van der Waals surface area (Å²) in [5.74, 6) is 0. The molecule has 0 N–H and O–H groups in total. The molecular weight excluding hydrogens is 631 g/mol. The number of nitrogens with zero attached hydrogens (tertiary/aromatic N) is 5. The first-order chi connectivity index (χ1) is 25.3. The highest BCUT2D eigenvalue weighted by atomic mass is 16.3. The van der Waals surface area contributed by atoms with Gasteiger partial charge in [0.05, 0.1) is 32.8 Å². The van der Waals surface area contributed by atoms with Crippen LogP contribution in [0.25, 0.3) is 105 Å². The van der Waals surface area contributed by atoms with Gasteiger partial charge in [0.1, 0.15) is 22.2 Å². The SMILES string of the molecule is c1ccc(-n2c3ccc(-n4c5cccnc5c5c6ccccc6oc54)cc3c3cc(-n4c5cccnc5c5c6ccccc6oc54)ccc32)cc1. The van der Waals surface area contributed by atoms with Gasteiger partial charge in [0.25, 0.3) is 0 Å². The molecule has 0 aliphatic rings. The highest BCUT2D eigenvalue weighted by Crippen LogP contribution is 2.42. The van der Waals surface area contributed by atoms with Gasteiger partial charge < -0.3 is 13.4 Å². The maximum Gasteiger partial charge on any atom is 0.215 e. The number of aromatic nitrogens is 5. The highest BCUT2D eigenvalue weighted by Gasteiger charge is 2.23. The van der Waals surface area contributed by atoms with E-state index in [1.165, 1.54) is 0 Å². The molecule has 51 heavy (non-hydrogen) atoms. The molecule has 0 aliphatic heterocycles. The van der Waals surface area contributed by atoms with Crippen LogP contribution in [0.2, 0.25) is 0 Å². The van der Waals surface area contributed by atoms with E-state index in [1.807, 2.05) is 48.8 Å².